The Bertz CT molecular complexity index is 582. The fourth-order valence-electron chi connectivity index (χ4n) is 5.03. The Balaban J connectivity index is 0.00000131. The van der Waals surface area contributed by atoms with E-state index in [1.807, 2.05) is 18.2 Å². The van der Waals surface area contributed by atoms with E-state index in [0.717, 1.165) is 38.8 Å². The largest absolute Gasteiger partial charge is 0.474 e. The Labute approximate surface area is 174 Å². The Morgan fingerprint density at radius 3 is 2.33 bits per heavy atom. The van der Waals surface area contributed by atoms with E-state index in [1.54, 1.807) is 6.20 Å². The average molecular weight is 416 g/mol. The molecule has 2 heterocycles. The van der Waals surface area contributed by atoms with Crippen LogP contribution in [-0.4, -0.2) is 41.0 Å². The SMILES string of the molecule is Cl.Cl.NC1C2CCCC1CC(C(=O)N1CCC(Oc3ccccn3)CC1)C2. The number of carbonyl (C=O) groups excluding carboxylic acids is 1. The summed E-state index contributed by atoms with van der Waals surface area (Å²) in [7, 11) is 0. The van der Waals surface area contributed by atoms with E-state index in [1.165, 1.54) is 19.3 Å². The molecule has 2 atom stereocenters. The molecule has 2 aliphatic carbocycles. The maximum absolute atomic E-state index is 13.0. The molecule has 1 aliphatic heterocycles. The molecular weight excluding hydrogens is 385 g/mol. The monoisotopic (exact) mass is 415 g/mol. The first-order valence-corrected chi connectivity index (χ1v) is 9.83. The number of halogens is 2. The number of likely N-dealkylation sites (tertiary alicyclic amines) is 1. The standard InChI is InChI=1S/C20H29N3O2.2ClH/c21-19-14-4-3-5-15(19)13-16(12-14)20(24)23-10-7-17(8-11-23)25-18-6-1-2-9-22-18;;/h1-2,6,9,14-17,19H,3-5,7-8,10-13,21H2;2*1H. The van der Waals surface area contributed by atoms with Crippen molar-refractivity contribution in [3.63, 3.8) is 0 Å². The van der Waals surface area contributed by atoms with Crippen LogP contribution in [0, 0.1) is 17.8 Å². The summed E-state index contributed by atoms with van der Waals surface area (Å²) >= 11 is 0. The topological polar surface area (TPSA) is 68.5 Å². The third-order valence-electron chi connectivity index (χ3n) is 6.44. The van der Waals surface area contributed by atoms with Crippen LogP contribution in [0.15, 0.2) is 24.4 Å². The van der Waals surface area contributed by atoms with Gasteiger partial charge >= 0.3 is 0 Å². The maximum atomic E-state index is 13.0. The molecule has 1 aromatic rings. The fraction of sp³-hybridized carbons (Fsp3) is 0.700. The number of pyridine rings is 1. The van der Waals surface area contributed by atoms with E-state index in [0.29, 0.717) is 29.7 Å². The van der Waals surface area contributed by atoms with Gasteiger partial charge in [-0.15, -0.1) is 24.8 Å². The first kappa shape index (κ1) is 22.3. The van der Waals surface area contributed by atoms with Crippen LogP contribution in [0.5, 0.6) is 5.88 Å². The van der Waals surface area contributed by atoms with Gasteiger partial charge in [0.1, 0.15) is 6.10 Å². The summed E-state index contributed by atoms with van der Waals surface area (Å²) in [5, 5.41) is 0. The number of ether oxygens (including phenoxy) is 1. The van der Waals surface area contributed by atoms with E-state index in [9.17, 15) is 4.79 Å². The molecule has 0 aromatic carbocycles. The third kappa shape index (κ3) is 5.07. The minimum atomic E-state index is 0. The molecular formula is C20H31Cl2N3O2. The summed E-state index contributed by atoms with van der Waals surface area (Å²) in [6.45, 7) is 1.60. The summed E-state index contributed by atoms with van der Waals surface area (Å²) in [6.07, 6.45) is 9.41. The normalized spacial score (nSPS) is 30.6. The quantitative estimate of drug-likeness (QED) is 0.820. The highest BCUT2D eigenvalue weighted by atomic mass is 35.5. The van der Waals surface area contributed by atoms with Crippen LogP contribution in [0.1, 0.15) is 44.9 Å². The van der Waals surface area contributed by atoms with E-state index < -0.39 is 0 Å². The maximum Gasteiger partial charge on any atom is 0.225 e. The minimum Gasteiger partial charge on any atom is -0.474 e. The van der Waals surface area contributed by atoms with Gasteiger partial charge < -0.3 is 15.4 Å². The molecule has 1 amide bonds. The lowest BCUT2D eigenvalue weighted by Crippen LogP contribution is -2.51. The summed E-state index contributed by atoms with van der Waals surface area (Å²) in [4.78, 5) is 19.3. The van der Waals surface area contributed by atoms with Crippen LogP contribution in [0.2, 0.25) is 0 Å². The van der Waals surface area contributed by atoms with Gasteiger partial charge in [-0.25, -0.2) is 4.98 Å². The number of nitrogens with two attached hydrogens (primary N) is 1. The molecule has 3 fully saturated rings. The summed E-state index contributed by atoms with van der Waals surface area (Å²) in [5.41, 5.74) is 6.37. The van der Waals surface area contributed by atoms with E-state index >= 15 is 0 Å². The molecule has 0 radical (unpaired) electrons. The second-order valence-corrected chi connectivity index (χ2v) is 8.01. The Morgan fingerprint density at radius 2 is 1.74 bits per heavy atom. The van der Waals surface area contributed by atoms with Crippen molar-refractivity contribution >= 4 is 30.7 Å². The van der Waals surface area contributed by atoms with Crippen molar-refractivity contribution in [2.45, 2.75) is 57.1 Å². The molecule has 5 nitrogen and oxygen atoms in total. The zero-order valence-corrected chi connectivity index (χ0v) is 17.3. The van der Waals surface area contributed by atoms with Gasteiger partial charge in [0.2, 0.25) is 11.8 Å². The molecule has 1 saturated heterocycles. The lowest BCUT2D eigenvalue weighted by Gasteiger charge is -2.45. The highest BCUT2D eigenvalue weighted by Crippen LogP contribution is 2.42. The number of carbonyl (C=O) groups is 1. The molecule has 4 rings (SSSR count). The van der Waals surface area contributed by atoms with Gasteiger partial charge in [-0.05, 0) is 43.6 Å². The highest BCUT2D eigenvalue weighted by Gasteiger charge is 2.42. The zero-order chi connectivity index (χ0) is 17.2. The molecule has 2 N–H and O–H groups in total. The van der Waals surface area contributed by atoms with Gasteiger partial charge in [0.25, 0.3) is 0 Å². The number of rotatable bonds is 3. The second kappa shape index (κ2) is 9.94. The van der Waals surface area contributed by atoms with Crippen molar-refractivity contribution in [1.82, 2.24) is 9.88 Å². The smallest absolute Gasteiger partial charge is 0.225 e. The fourth-order valence-corrected chi connectivity index (χ4v) is 5.03. The van der Waals surface area contributed by atoms with Crippen molar-refractivity contribution in [2.75, 3.05) is 13.1 Å². The van der Waals surface area contributed by atoms with Crippen molar-refractivity contribution in [3.8, 4) is 5.88 Å². The average Bonchev–Trinajstić information content (AvgIpc) is 2.62. The zero-order valence-electron chi connectivity index (χ0n) is 15.7. The molecule has 2 bridgehead atoms. The van der Waals surface area contributed by atoms with Crippen molar-refractivity contribution in [3.05, 3.63) is 24.4 Å². The lowest BCUT2D eigenvalue weighted by atomic mass is 9.65. The van der Waals surface area contributed by atoms with Crippen LogP contribution >= 0.6 is 24.8 Å². The second-order valence-electron chi connectivity index (χ2n) is 8.01. The molecule has 7 heteroatoms. The predicted octanol–water partition coefficient (Wildman–Crippen LogP) is 3.45. The molecule has 2 saturated carbocycles. The van der Waals surface area contributed by atoms with E-state index in [2.05, 4.69) is 9.88 Å². The number of fused-ring (bicyclic) bond motifs is 2. The van der Waals surface area contributed by atoms with Gasteiger partial charge in [0, 0.05) is 50.2 Å². The number of hydrogen-bond acceptors (Lipinski definition) is 4. The number of nitrogens with zero attached hydrogens (tertiary/aromatic N) is 2. The Hall–Kier alpha value is -1.04. The van der Waals surface area contributed by atoms with Crippen molar-refractivity contribution in [2.24, 2.45) is 23.5 Å². The van der Waals surface area contributed by atoms with Crippen molar-refractivity contribution in [1.29, 1.82) is 0 Å². The van der Waals surface area contributed by atoms with Gasteiger partial charge in [0.05, 0.1) is 0 Å². The van der Waals surface area contributed by atoms with Crippen molar-refractivity contribution < 1.29 is 9.53 Å². The number of hydrogen-bond donors (Lipinski definition) is 1. The lowest BCUT2D eigenvalue weighted by molar-refractivity contribution is -0.140. The van der Waals surface area contributed by atoms with Crippen LogP contribution < -0.4 is 10.5 Å². The highest BCUT2D eigenvalue weighted by molar-refractivity contribution is 5.85. The number of aromatic nitrogens is 1. The van der Waals surface area contributed by atoms with Gasteiger partial charge in [-0.2, -0.15) is 0 Å². The molecule has 3 aliphatic rings. The first-order valence-electron chi connectivity index (χ1n) is 9.83. The first-order chi connectivity index (χ1) is 12.2. The predicted molar refractivity (Wildman–Crippen MR) is 110 cm³/mol. The number of piperidine rings is 1. The van der Waals surface area contributed by atoms with Crippen LogP contribution in [0.4, 0.5) is 0 Å². The van der Waals surface area contributed by atoms with E-state index in [-0.39, 0.29) is 36.8 Å². The summed E-state index contributed by atoms with van der Waals surface area (Å²) < 4.78 is 5.94. The molecule has 2 unspecified atom stereocenters. The number of amides is 1. The Morgan fingerprint density at radius 1 is 1.07 bits per heavy atom. The molecule has 152 valence electrons. The van der Waals surface area contributed by atoms with Crippen LogP contribution in [-0.2, 0) is 4.79 Å². The molecule has 1 aromatic heterocycles. The third-order valence-corrected chi connectivity index (χ3v) is 6.44. The van der Waals surface area contributed by atoms with Crippen LogP contribution in [0.3, 0.4) is 0 Å². The summed E-state index contributed by atoms with van der Waals surface area (Å²) in [6, 6.07) is 6.04. The van der Waals surface area contributed by atoms with Crippen LogP contribution in [0.25, 0.3) is 0 Å². The molecule has 0 spiro atoms. The summed E-state index contributed by atoms with van der Waals surface area (Å²) in [5.74, 6) is 2.36. The minimum absolute atomic E-state index is 0. The Kier molecular flexibility index (Phi) is 8.20. The van der Waals surface area contributed by atoms with Gasteiger partial charge in [-0.3, -0.25) is 4.79 Å². The van der Waals surface area contributed by atoms with Gasteiger partial charge in [-0.1, -0.05) is 12.5 Å². The van der Waals surface area contributed by atoms with E-state index in [4.69, 9.17) is 10.5 Å². The van der Waals surface area contributed by atoms with Gasteiger partial charge in [0.15, 0.2) is 0 Å². The molecule has 27 heavy (non-hydrogen) atoms.